The predicted molar refractivity (Wildman–Crippen MR) is 53.4 cm³/mol. The van der Waals surface area contributed by atoms with Gasteiger partial charge in [-0.15, -0.1) is 0 Å². The molecule has 58 valence electrons. The van der Waals surface area contributed by atoms with Crippen LogP contribution in [0.2, 0.25) is 6.82 Å². The Kier molecular flexibility index (Phi) is 3.33. The molecular formula is C10H10BN. The van der Waals surface area contributed by atoms with Gasteiger partial charge in [0.2, 0.25) is 0 Å². The average molecular weight is 155 g/mol. The summed E-state index contributed by atoms with van der Waals surface area (Å²) in [6, 6.07) is 10.2. The van der Waals surface area contributed by atoms with Crippen molar-refractivity contribution in [2.24, 2.45) is 0 Å². The molecule has 1 nitrogen and oxygen atoms in total. The van der Waals surface area contributed by atoms with Crippen molar-refractivity contribution in [2.45, 2.75) is 6.82 Å². The Morgan fingerprint density at radius 2 is 1.67 bits per heavy atom. The van der Waals surface area contributed by atoms with Crippen LogP contribution in [0.15, 0.2) is 42.7 Å². The van der Waals surface area contributed by atoms with Gasteiger partial charge in [-0.25, -0.2) is 0 Å². The van der Waals surface area contributed by atoms with Gasteiger partial charge in [0.25, 0.3) is 0 Å². The molecule has 0 fully saturated rings. The molecule has 0 amide bonds. The van der Waals surface area contributed by atoms with E-state index in [2.05, 4.69) is 25.0 Å². The first kappa shape index (κ1) is 8.79. The Bertz CT molecular complexity index is 281. The number of aromatic nitrogens is 1. The highest BCUT2D eigenvalue weighted by atomic mass is 14.6. The molecule has 0 unspecified atom stereocenters. The van der Waals surface area contributed by atoms with Crippen molar-refractivity contribution in [3.8, 4) is 0 Å². The standard InChI is InChI=1S/C9H7N.CH3B/c1-2-4-9-7-10-6-5-8(9)3-1;1-2/h1-7H;1H3. The molecule has 2 rings (SSSR count). The largest absolute Gasteiger partial charge is 0.264 e. The zero-order valence-electron chi connectivity index (χ0n) is 7.07. The van der Waals surface area contributed by atoms with Gasteiger partial charge in [0.05, 0.1) is 7.85 Å². The summed E-state index contributed by atoms with van der Waals surface area (Å²) in [5.41, 5.74) is 0. The van der Waals surface area contributed by atoms with Crippen molar-refractivity contribution >= 4 is 18.6 Å². The lowest BCUT2D eigenvalue weighted by Crippen LogP contribution is -1.71. The fourth-order valence-electron chi connectivity index (χ4n) is 1.03. The lowest BCUT2D eigenvalue weighted by Gasteiger charge is -1.91. The molecule has 1 heterocycles. The minimum atomic E-state index is 1.20. The molecule has 0 saturated heterocycles. The smallest absolute Gasteiger partial charge is 0.0606 e. The van der Waals surface area contributed by atoms with Crippen LogP contribution in [-0.2, 0) is 0 Å². The van der Waals surface area contributed by atoms with Gasteiger partial charge in [0, 0.05) is 12.4 Å². The summed E-state index contributed by atoms with van der Waals surface area (Å²) in [4.78, 5) is 4.01. The molecule has 2 aromatic rings. The number of fused-ring (bicyclic) bond motifs is 1. The molecule has 0 spiro atoms. The number of hydrogen-bond acceptors (Lipinski definition) is 1. The normalized spacial score (nSPS) is 8.75. The molecule has 0 atom stereocenters. The second kappa shape index (κ2) is 4.55. The van der Waals surface area contributed by atoms with E-state index in [-0.39, 0.29) is 0 Å². The van der Waals surface area contributed by atoms with Crippen LogP contribution in [0.3, 0.4) is 0 Å². The van der Waals surface area contributed by atoms with Crippen molar-refractivity contribution in [3.05, 3.63) is 42.7 Å². The summed E-state index contributed by atoms with van der Waals surface area (Å²) in [6.07, 6.45) is 3.68. The maximum Gasteiger partial charge on any atom is 0.0606 e. The summed E-state index contributed by atoms with van der Waals surface area (Å²) in [5.74, 6) is 0. The van der Waals surface area contributed by atoms with Crippen LogP contribution in [0.25, 0.3) is 10.8 Å². The highest BCUT2D eigenvalue weighted by Crippen LogP contribution is 2.09. The van der Waals surface area contributed by atoms with E-state index in [1.165, 1.54) is 17.6 Å². The minimum absolute atomic E-state index is 1.20. The number of pyridine rings is 1. The van der Waals surface area contributed by atoms with Crippen LogP contribution in [0.1, 0.15) is 0 Å². The van der Waals surface area contributed by atoms with Crippen LogP contribution < -0.4 is 0 Å². The number of nitrogens with zero attached hydrogens (tertiary/aromatic N) is 1. The van der Waals surface area contributed by atoms with Crippen LogP contribution in [0.5, 0.6) is 0 Å². The molecule has 0 aliphatic heterocycles. The van der Waals surface area contributed by atoms with E-state index in [0.29, 0.717) is 0 Å². The topological polar surface area (TPSA) is 12.9 Å². The molecule has 2 radical (unpaired) electrons. The van der Waals surface area contributed by atoms with Crippen molar-refractivity contribution in [3.63, 3.8) is 0 Å². The van der Waals surface area contributed by atoms with Crippen molar-refractivity contribution in [1.29, 1.82) is 0 Å². The zero-order valence-corrected chi connectivity index (χ0v) is 7.07. The molecule has 0 saturated carbocycles. The van der Waals surface area contributed by atoms with Crippen molar-refractivity contribution in [2.75, 3.05) is 0 Å². The summed E-state index contributed by atoms with van der Waals surface area (Å²) >= 11 is 0. The van der Waals surface area contributed by atoms with E-state index in [1.807, 2.05) is 30.6 Å². The van der Waals surface area contributed by atoms with E-state index in [1.54, 1.807) is 0 Å². The van der Waals surface area contributed by atoms with Crippen LogP contribution in [-0.4, -0.2) is 12.8 Å². The molecular weight excluding hydrogens is 145 g/mol. The Morgan fingerprint density at radius 3 is 2.33 bits per heavy atom. The Morgan fingerprint density at radius 1 is 1.00 bits per heavy atom. The fourth-order valence-corrected chi connectivity index (χ4v) is 1.03. The van der Waals surface area contributed by atoms with Gasteiger partial charge in [0.15, 0.2) is 0 Å². The maximum atomic E-state index is 4.50. The van der Waals surface area contributed by atoms with Gasteiger partial charge >= 0.3 is 0 Å². The van der Waals surface area contributed by atoms with E-state index < -0.39 is 0 Å². The molecule has 0 bridgehead atoms. The second-order valence-corrected chi connectivity index (χ2v) is 2.22. The Balaban J connectivity index is 0.000000336. The number of hydrogen-bond donors (Lipinski definition) is 0. The summed E-state index contributed by atoms with van der Waals surface area (Å²) < 4.78 is 0. The van der Waals surface area contributed by atoms with Crippen LogP contribution >= 0.6 is 0 Å². The van der Waals surface area contributed by atoms with E-state index in [0.717, 1.165) is 0 Å². The lowest BCUT2D eigenvalue weighted by atomic mass is 10.2. The van der Waals surface area contributed by atoms with Crippen LogP contribution in [0.4, 0.5) is 0 Å². The summed E-state index contributed by atoms with van der Waals surface area (Å²) in [6.45, 7) is 1.50. The van der Waals surface area contributed by atoms with Gasteiger partial charge < -0.3 is 0 Å². The molecule has 1 aromatic carbocycles. The van der Waals surface area contributed by atoms with E-state index in [4.69, 9.17) is 0 Å². The maximum absolute atomic E-state index is 4.50. The van der Waals surface area contributed by atoms with Gasteiger partial charge in [-0.05, 0) is 16.8 Å². The van der Waals surface area contributed by atoms with Crippen molar-refractivity contribution in [1.82, 2.24) is 4.98 Å². The van der Waals surface area contributed by atoms with E-state index in [9.17, 15) is 0 Å². The first-order chi connectivity index (χ1) is 5.97. The average Bonchev–Trinajstić information content (AvgIpc) is 2.21. The first-order valence-corrected chi connectivity index (χ1v) is 3.83. The molecule has 1 aromatic heterocycles. The SMILES string of the molecule is [B]C.c1ccc2cnccc2c1. The highest BCUT2D eigenvalue weighted by Gasteiger charge is 1.86. The monoisotopic (exact) mass is 155 g/mol. The molecule has 2 heteroatoms. The van der Waals surface area contributed by atoms with Gasteiger partial charge in [0.1, 0.15) is 0 Å². The molecule has 0 aliphatic carbocycles. The third-order valence-corrected chi connectivity index (χ3v) is 1.55. The first-order valence-electron chi connectivity index (χ1n) is 3.83. The molecule has 12 heavy (non-hydrogen) atoms. The summed E-state index contributed by atoms with van der Waals surface area (Å²) in [7, 11) is 4.50. The Hall–Kier alpha value is -1.31. The summed E-state index contributed by atoms with van der Waals surface area (Å²) in [5, 5.41) is 2.45. The minimum Gasteiger partial charge on any atom is -0.264 e. The molecule has 0 aliphatic rings. The molecule has 0 N–H and O–H groups in total. The third-order valence-electron chi connectivity index (χ3n) is 1.55. The van der Waals surface area contributed by atoms with E-state index >= 15 is 0 Å². The lowest BCUT2D eigenvalue weighted by molar-refractivity contribution is 1.36. The van der Waals surface area contributed by atoms with Gasteiger partial charge in [-0.1, -0.05) is 31.1 Å². The predicted octanol–water partition coefficient (Wildman–Crippen LogP) is 2.44. The quantitative estimate of drug-likeness (QED) is 0.532. The van der Waals surface area contributed by atoms with Gasteiger partial charge in [-0.2, -0.15) is 0 Å². The second-order valence-electron chi connectivity index (χ2n) is 2.22. The van der Waals surface area contributed by atoms with Gasteiger partial charge in [-0.3, -0.25) is 4.98 Å². The highest BCUT2D eigenvalue weighted by molar-refractivity contribution is 6.05. The fraction of sp³-hybridized carbons (Fsp3) is 0.100. The number of rotatable bonds is 0. The number of benzene rings is 1. The third kappa shape index (κ3) is 1.85. The Labute approximate surface area is 73.9 Å². The van der Waals surface area contributed by atoms with Crippen molar-refractivity contribution < 1.29 is 0 Å². The van der Waals surface area contributed by atoms with Crippen LogP contribution in [0, 0.1) is 0 Å². The zero-order chi connectivity index (χ0) is 8.81.